The molecule has 218 valence electrons. The summed E-state index contributed by atoms with van der Waals surface area (Å²) in [5.74, 6) is -3.39. The van der Waals surface area contributed by atoms with Gasteiger partial charge in [0.2, 0.25) is 17.7 Å². The van der Waals surface area contributed by atoms with Crippen LogP contribution in [0.3, 0.4) is 0 Å². The van der Waals surface area contributed by atoms with E-state index in [9.17, 15) is 24.3 Å². The van der Waals surface area contributed by atoms with E-state index in [-0.39, 0.29) is 22.3 Å². The van der Waals surface area contributed by atoms with E-state index in [1.807, 2.05) is 0 Å². The van der Waals surface area contributed by atoms with E-state index in [2.05, 4.69) is 0 Å². The Morgan fingerprint density at radius 1 is 0.628 bits per heavy atom. The Hall–Kier alpha value is -5.12. The zero-order valence-corrected chi connectivity index (χ0v) is 23.1. The van der Waals surface area contributed by atoms with Crippen molar-refractivity contribution in [2.24, 2.45) is 0 Å². The van der Waals surface area contributed by atoms with Crippen molar-refractivity contribution in [1.29, 1.82) is 0 Å². The lowest BCUT2D eigenvalue weighted by Gasteiger charge is -2.36. The van der Waals surface area contributed by atoms with Crippen LogP contribution in [-0.2, 0) is 18.9 Å². The molecule has 0 bridgehead atoms. The molecular weight excluding hydrogens is 552 g/mol. The average Bonchev–Trinajstić information content (AvgIpc) is 3.29. The largest absolute Gasteiger partial charge is 0.450 e. The molecule has 0 radical (unpaired) electrons. The smallest absolute Gasteiger partial charge is 0.340 e. The lowest BCUT2D eigenvalue weighted by atomic mass is 9.82. The van der Waals surface area contributed by atoms with Crippen molar-refractivity contribution in [3.05, 3.63) is 144 Å². The van der Waals surface area contributed by atoms with Crippen molar-refractivity contribution in [3.8, 4) is 0 Å². The summed E-state index contributed by atoms with van der Waals surface area (Å²) in [7, 11) is 0. The minimum absolute atomic E-state index is 0.115. The number of ether oxygens (including phenoxy) is 4. The molecule has 1 aliphatic heterocycles. The molecule has 0 amide bonds. The van der Waals surface area contributed by atoms with Crippen LogP contribution in [0.1, 0.15) is 48.4 Å². The van der Waals surface area contributed by atoms with Gasteiger partial charge in [-0.15, -0.1) is 0 Å². The van der Waals surface area contributed by atoms with Gasteiger partial charge < -0.3 is 24.1 Å². The molecule has 9 nitrogen and oxygen atoms in total. The third kappa shape index (κ3) is 5.81. The van der Waals surface area contributed by atoms with E-state index in [0.29, 0.717) is 0 Å². The molecule has 4 aromatic rings. The van der Waals surface area contributed by atoms with Gasteiger partial charge in [-0.1, -0.05) is 84.9 Å². The SMILES string of the molecule is C[C@]1(OC(=O)c2ccccc2)[C@@H](OC(=O)c2ccccc2)O[C@@](CO)(C(=O)c2ccccc2)[C@H]1OC(=O)c1ccccc1. The predicted molar refractivity (Wildman–Crippen MR) is 153 cm³/mol. The van der Waals surface area contributed by atoms with Crippen LogP contribution in [0.15, 0.2) is 121 Å². The van der Waals surface area contributed by atoms with E-state index in [1.165, 1.54) is 55.5 Å². The highest BCUT2D eigenvalue weighted by molar-refractivity contribution is 6.04. The fourth-order valence-electron chi connectivity index (χ4n) is 4.93. The number of carbonyl (C=O) groups is 4. The van der Waals surface area contributed by atoms with Crippen LogP contribution in [0.5, 0.6) is 0 Å². The molecule has 9 heteroatoms. The molecule has 0 spiro atoms. The number of aliphatic hydroxyl groups is 1. The predicted octanol–water partition coefficient (Wildman–Crippen LogP) is 4.66. The first-order chi connectivity index (χ1) is 20.8. The van der Waals surface area contributed by atoms with Crippen LogP contribution < -0.4 is 0 Å². The molecule has 1 aliphatic rings. The molecule has 4 atom stereocenters. The summed E-state index contributed by atoms with van der Waals surface area (Å²) >= 11 is 0. The molecule has 4 aromatic carbocycles. The highest BCUT2D eigenvalue weighted by Crippen LogP contribution is 2.46. The van der Waals surface area contributed by atoms with Crippen molar-refractivity contribution in [2.75, 3.05) is 6.61 Å². The van der Waals surface area contributed by atoms with Crippen LogP contribution >= 0.6 is 0 Å². The molecule has 1 heterocycles. The van der Waals surface area contributed by atoms with Gasteiger partial charge in [-0.25, -0.2) is 14.4 Å². The number of Topliss-reactive ketones (excluding diaryl/α,β-unsaturated/α-hetero) is 1. The Balaban J connectivity index is 1.63. The van der Waals surface area contributed by atoms with E-state index in [0.717, 1.165) is 0 Å². The summed E-state index contributed by atoms with van der Waals surface area (Å²) in [6.45, 7) is 0.320. The second-order valence-electron chi connectivity index (χ2n) is 10.1. The van der Waals surface area contributed by atoms with Gasteiger partial charge in [-0.3, -0.25) is 4.79 Å². The standard InChI is InChI=1S/C34H28O9/c1-33(42-30(39)26-20-12-5-13-21-26)31(40-28(37)24-16-8-3-9-17-24)34(22-35,27(36)23-14-6-2-7-15-23)43-32(33)41-29(38)25-18-10-4-11-19-25/h2-21,31-32,35H,22H2,1H3/t31-,32-,33+,34-/m0/s1. The number of aliphatic hydroxyl groups excluding tert-OH is 1. The van der Waals surface area contributed by atoms with Crippen molar-refractivity contribution in [3.63, 3.8) is 0 Å². The summed E-state index contributed by atoms with van der Waals surface area (Å²) in [6, 6.07) is 31.8. The Morgan fingerprint density at radius 2 is 1.02 bits per heavy atom. The zero-order valence-electron chi connectivity index (χ0n) is 23.1. The van der Waals surface area contributed by atoms with Crippen LogP contribution in [0.4, 0.5) is 0 Å². The highest BCUT2D eigenvalue weighted by atomic mass is 16.8. The first kappa shape index (κ1) is 29.4. The van der Waals surface area contributed by atoms with Gasteiger partial charge in [0, 0.05) is 5.56 Å². The topological polar surface area (TPSA) is 125 Å². The lowest BCUT2D eigenvalue weighted by molar-refractivity contribution is -0.183. The third-order valence-electron chi connectivity index (χ3n) is 7.16. The number of benzene rings is 4. The second-order valence-corrected chi connectivity index (χ2v) is 10.1. The summed E-state index contributed by atoms with van der Waals surface area (Å²) in [5, 5.41) is 10.8. The molecular formula is C34H28O9. The van der Waals surface area contributed by atoms with Crippen LogP contribution in [0, 0.1) is 0 Å². The summed E-state index contributed by atoms with van der Waals surface area (Å²) < 4.78 is 23.7. The van der Waals surface area contributed by atoms with Crippen LogP contribution in [-0.4, -0.2) is 59.0 Å². The molecule has 0 aliphatic carbocycles. The number of esters is 3. The monoisotopic (exact) mass is 580 g/mol. The maximum absolute atomic E-state index is 14.1. The summed E-state index contributed by atoms with van der Waals surface area (Å²) in [6.07, 6.45) is -3.56. The Morgan fingerprint density at radius 3 is 1.47 bits per heavy atom. The number of carbonyl (C=O) groups excluding carboxylic acids is 4. The minimum Gasteiger partial charge on any atom is -0.450 e. The fraction of sp³-hybridized carbons (Fsp3) is 0.176. The first-order valence-electron chi connectivity index (χ1n) is 13.5. The van der Waals surface area contributed by atoms with Gasteiger partial charge in [0.1, 0.15) is 0 Å². The number of hydrogen-bond donors (Lipinski definition) is 1. The van der Waals surface area contributed by atoms with E-state index in [1.54, 1.807) is 72.8 Å². The van der Waals surface area contributed by atoms with Gasteiger partial charge in [0.25, 0.3) is 0 Å². The van der Waals surface area contributed by atoms with Gasteiger partial charge in [-0.2, -0.15) is 0 Å². The van der Waals surface area contributed by atoms with Gasteiger partial charge in [-0.05, 0) is 43.3 Å². The van der Waals surface area contributed by atoms with Gasteiger partial charge in [0.05, 0.1) is 23.3 Å². The van der Waals surface area contributed by atoms with Crippen molar-refractivity contribution < 1.29 is 43.2 Å². The fourth-order valence-corrected chi connectivity index (χ4v) is 4.93. The molecule has 43 heavy (non-hydrogen) atoms. The average molecular weight is 581 g/mol. The minimum atomic E-state index is -2.33. The second kappa shape index (κ2) is 12.4. The summed E-state index contributed by atoms with van der Waals surface area (Å²) in [5.41, 5.74) is -3.92. The maximum Gasteiger partial charge on any atom is 0.340 e. The van der Waals surface area contributed by atoms with E-state index in [4.69, 9.17) is 18.9 Å². The van der Waals surface area contributed by atoms with Crippen LogP contribution in [0.2, 0.25) is 0 Å². The normalized spacial score (nSPS) is 22.7. The highest BCUT2D eigenvalue weighted by Gasteiger charge is 2.71. The molecule has 0 saturated carbocycles. The maximum atomic E-state index is 14.1. The van der Waals surface area contributed by atoms with E-state index >= 15 is 0 Å². The molecule has 1 fully saturated rings. The van der Waals surface area contributed by atoms with Crippen LogP contribution in [0.25, 0.3) is 0 Å². The number of ketones is 1. The molecule has 1 saturated heterocycles. The molecule has 0 aromatic heterocycles. The summed E-state index contributed by atoms with van der Waals surface area (Å²) in [4.78, 5) is 54.2. The van der Waals surface area contributed by atoms with Crippen molar-refractivity contribution in [1.82, 2.24) is 0 Å². The lowest BCUT2D eigenvalue weighted by Crippen LogP contribution is -2.59. The van der Waals surface area contributed by atoms with Crippen molar-refractivity contribution >= 4 is 23.7 Å². The van der Waals surface area contributed by atoms with Gasteiger partial charge in [0.15, 0.2) is 11.7 Å². The van der Waals surface area contributed by atoms with Gasteiger partial charge >= 0.3 is 17.9 Å². The Kier molecular flexibility index (Phi) is 8.47. The quantitative estimate of drug-likeness (QED) is 0.171. The third-order valence-corrected chi connectivity index (χ3v) is 7.16. The van der Waals surface area contributed by atoms with E-state index < -0.39 is 53.9 Å². The number of hydrogen-bond acceptors (Lipinski definition) is 9. The first-order valence-corrected chi connectivity index (χ1v) is 13.5. The van der Waals surface area contributed by atoms with Crippen molar-refractivity contribution in [2.45, 2.75) is 30.5 Å². The number of rotatable bonds is 9. The Bertz CT molecular complexity index is 1590. The zero-order chi connectivity index (χ0) is 30.5. The molecule has 0 unspecified atom stereocenters. The molecule has 5 rings (SSSR count). The molecule has 1 N–H and O–H groups in total. The Labute approximate surface area is 247 Å².